The van der Waals surface area contributed by atoms with E-state index in [2.05, 4.69) is 58.3 Å². The summed E-state index contributed by atoms with van der Waals surface area (Å²) >= 11 is 0. The van der Waals surface area contributed by atoms with Crippen LogP contribution in [0.4, 0.5) is 0 Å². The average Bonchev–Trinajstić information content (AvgIpc) is 2.94. The molecule has 3 rings (SSSR count). The highest BCUT2D eigenvalue weighted by molar-refractivity contribution is 5.32. The average molecular weight is 270 g/mol. The monoisotopic (exact) mass is 270 g/mol. The number of nitrogens with zero attached hydrogens (tertiary/aromatic N) is 3. The van der Waals surface area contributed by atoms with Crippen molar-refractivity contribution >= 4 is 0 Å². The maximum atomic E-state index is 4.51. The summed E-state index contributed by atoms with van der Waals surface area (Å²) < 4.78 is 0. The van der Waals surface area contributed by atoms with Gasteiger partial charge in [-0.25, -0.2) is 4.98 Å². The molecule has 20 heavy (non-hydrogen) atoms. The Balaban J connectivity index is 1.76. The van der Waals surface area contributed by atoms with Crippen molar-refractivity contribution in [3.63, 3.8) is 0 Å². The van der Waals surface area contributed by atoms with E-state index in [1.165, 1.54) is 30.4 Å². The van der Waals surface area contributed by atoms with Crippen molar-refractivity contribution in [2.75, 3.05) is 7.05 Å². The fraction of sp³-hybridized carbons (Fsp3) is 0.500. The lowest BCUT2D eigenvalue weighted by Crippen LogP contribution is -2.27. The minimum Gasteiger partial charge on any atom is -0.292 e. The van der Waals surface area contributed by atoms with Gasteiger partial charge >= 0.3 is 0 Å². The first-order valence-electron chi connectivity index (χ1n) is 7.46. The minimum atomic E-state index is 0.495. The molecular weight excluding hydrogens is 248 g/mol. The number of aryl methyl sites for hydroxylation is 2. The standard InChI is InChI=1S/C16H22N4/c1-3-15-17-16(19-18-15)11-20(2)14-10-6-8-12-7-4-5-9-13(12)14/h4-5,7,9,14H,3,6,8,10-11H2,1-2H3,(H,17,18,19). The molecule has 4 heteroatoms. The van der Waals surface area contributed by atoms with E-state index in [1.54, 1.807) is 0 Å². The second kappa shape index (κ2) is 5.75. The van der Waals surface area contributed by atoms with Crippen molar-refractivity contribution < 1.29 is 0 Å². The molecule has 0 spiro atoms. The summed E-state index contributed by atoms with van der Waals surface area (Å²) in [4.78, 5) is 6.90. The van der Waals surface area contributed by atoms with E-state index in [0.717, 1.165) is 24.6 Å². The van der Waals surface area contributed by atoms with Gasteiger partial charge in [-0.1, -0.05) is 31.2 Å². The first-order chi connectivity index (χ1) is 9.78. The molecule has 4 nitrogen and oxygen atoms in total. The molecule has 0 amide bonds. The summed E-state index contributed by atoms with van der Waals surface area (Å²) in [5, 5.41) is 7.26. The van der Waals surface area contributed by atoms with Gasteiger partial charge < -0.3 is 0 Å². The van der Waals surface area contributed by atoms with Crippen molar-refractivity contribution in [2.45, 2.75) is 45.2 Å². The van der Waals surface area contributed by atoms with Gasteiger partial charge in [-0.3, -0.25) is 10.00 Å². The highest BCUT2D eigenvalue weighted by atomic mass is 15.2. The maximum Gasteiger partial charge on any atom is 0.150 e. The molecule has 2 aromatic rings. The van der Waals surface area contributed by atoms with Crippen LogP contribution in [0.1, 0.15) is 48.6 Å². The second-order valence-corrected chi connectivity index (χ2v) is 5.57. The quantitative estimate of drug-likeness (QED) is 0.929. The molecule has 1 aromatic heterocycles. The van der Waals surface area contributed by atoms with Crippen LogP contribution in [-0.2, 0) is 19.4 Å². The van der Waals surface area contributed by atoms with Crippen molar-refractivity contribution in [3.8, 4) is 0 Å². The molecule has 0 radical (unpaired) electrons. The highest BCUT2D eigenvalue weighted by Crippen LogP contribution is 2.33. The Bertz CT molecular complexity index is 575. The smallest absolute Gasteiger partial charge is 0.150 e. The van der Waals surface area contributed by atoms with Crippen LogP contribution in [-0.4, -0.2) is 27.1 Å². The van der Waals surface area contributed by atoms with Crippen molar-refractivity contribution in [1.29, 1.82) is 0 Å². The zero-order valence-electron chi connectivity index (χ0n) is 12.3. The Morgan fingerprint density at radius 2 is 2.20 bits per heavy atom. The summed E-state index contributed by atoms with van der Waals surface area (Å²) in [7, 11) is 2.18. The molecule has 1 aliphatic rings. The van der Waals surface area contributed by atoms with Gasteiger partial charge in [-0.05, 0) is 37.4 Å². The first kappa shape index (κ1) is 13.3. The Morgan fingerprint density at radius 3 is 3.00 bits per heavy atom. The molecule has 1 unspecified atom stereocenters. The van der Waals surface area contributed by atoms with Gasteiger partial charge in [0.2, 0.25) is 0 Å². The summed E-state index contributed by atoms with van der Waals surface area (Å²) in [5.41, 5.74) is 2.99. The Hall–Kier alpha value is -1.68. The van der Waals surface area contributed by atoms with E-state index >= 15 is 0 Å². The number of H-pyrrole nitrogens is 1. The van der Waals surface area contributed by atoms with Crippen LogP contribution in [0, 0.1) is 0 Å². The van der Waals surface area contributed by atoms with Crippen LogP contribution in [0.25, 0.3) is 0 Å². The van der Waals surface area contributed by atoms with Crippen molar-refractivity contribution in [3.05, 3.63) is 47.0 Å². The van der Waals surface area contributed by atoms with Gasteiger partial charge in [0.15, 0.2) is 0 Å². The van der Waals surface area contributed by atoms with Gasteiger partial charge in [-0.2, -0.15) is 5.10 Å². The van der Waals surface area contributed by atoms with Crippen LogP contribution in [0.2, 0.25) is 0 Å². The van der Waals surface area contributed by atoms with Crippen LogP contribution in [0.15, 0.2) is 24.3 Å². The Labute approximate surface area is 120 Å². The molecule has 1 heterocycles. The van der Waals surface area contributed by atoms with Crippen LogP contribution in [0.5, 0.6) is 0 Å². The Morgan fingerprint density at radius 1 is 1.35 bits per heavy atom. The summed E-state index contributed by atoms with van der Waals surface area (Å²) in [5.74, 6) is 1.87. The minimum absolute atomic E-state index is 0.495. The first-order valence-corrected chi connectivity index (χ1v) is 7.46. The number of aromatic amines is 1. The molecule has 0 aliphatic heterocycles. The van der Waals surface area contributed by atoms with E-state index in [-0.39, 0.29) is 0 Å². The second-order valence-electron chi connectivity index (χ2n) is 5.57. The van der Waals surface area contributed by atoms with Crippen LogP contribution < -0.4 is 0 Å². The highest BCUT2D eigenvalue weighted by Gasteiger charge is 2.23. The van der Waals surface area contributed by atoms with Crippen LogP contribution >= 0.6 is 0 Å². The van der Waals surface area contributed by atoms with Crippen molar-refractivity contribution in [1.82, 2.24) is 20.1 Å². The van der Waals surface area contributed by atoms with E-state index in [4.69, 9.17) is 0 Å². The molecule has 0 saturated heterocycles. The van der Waals surface area contributed by atoms with E-state index in [0.29, 0.717) is 6.04 Å². The van der Waals surface area contributed by atoms with Gasteiger partial charge in [0, 0.05) is 12.5 Å². The third-order valence-electron chi connectivity index (χ3n) is 4.16. The lowest BCUT2D eigenvalue weighted by atomic mass is 9.87. The zero-order valence-corrected chi connectivity index (χ0v) is 12.3. The van der Waals surface area contributed by atoms with Gasteiger partial charge in [-0.15, -0.1) is 0 Å². The fourth-order valence-corrected chi connectivity index (χ4v) is 3.10. The zero-order chi connectivity index (χ0) is 13.9. The third-order valence-corrected chi connectivity index (χ3v) is 4.16. The SMILES string of the molecule is CCc1n[nH]c(CN(C)C2CCCc3ccccc32)n1. The predicted octanol–water partition coefficient (Wildman–Crippen LogP) is 2.88. The van der Waals surface area contributed by atoms with Crippen molar-refractivity contribution in [2.24, 2.45) is 0 Å². The summed E-state index contributed by atoms with van der Waals surface area (Å²) in [6, 6.07) is 9.32. The maximum absolute atomic E-state index is 4.51. The molecule has 0 saturated carbocycles. The number of hydrogen-bond acceptors (Lipinski definition) is 3. The van der Waals surface area contributed by atoms with Gasteiger partial charge in [0.05, 0.1) is 6.54 Å². The summed E-state index contributed by atoms with van der Waals surface area (Å²) in [6.07, 6.45) is 4.58. The summed E-state index contributed by atoms with van der Waals surface area (Å²) in [6.45, 7) is 2.90. The Kier molecular flexibility index (Phi) is 3.83. The molecule has 106 valence electrons. The molecule has 0 fully saturated rings. The molecule has 1 atom stereocenters. The number of nitrogens with one attached hydrogen (secondary N) is 1. The van der Waals surface area contributed by atoms with Gasteiger partial charge in [0.1, 0.15) is 11.6 Å². The third kappa shape index (κ3) is 2.61. The van der Waals surface area contributed by atoms with E-state index in [9.17, 15) is 0 Å². The lowest BCUT2D eigenvalue weighted by Gasteiger charge is -2.32. The lowest BCUT2D eigenvalue weighted by molar-refractivity contribution is 0.208. The fourth-order valence-electron chi connectivity index (χ4n) is 3.10. The number of hydrogen-bond donors (Lipinski definition) is 1. The normalized spacial score (nSPS) is 18.2. The van der Waals surface area contributed by atoms with Crippen LogP contribution in [0.3, 0.4) is 0 Å². The molecule has 1 aromatic carbocycles. The molecule has 0 bridgehead atoms. The number of rotatable bonds is 4. The predicted molar refractivity (Wildman–Crippen MR) is 79.3 cm³/mol. The molecule has 1 aliphatic carbocycles. The number of benzene rings is 1. The number of fused-ring (bicyclic) bond motifs is 1. The number of aromatic nitrogens is 3. The van der Waals surface area contributed by atoms with E-state index < -0.39 is 0 Å². The van der Waals surface area contributed by atoms with E-state index in [1.807, 2.05) is 0 Å². The largest absolute Gasteiger partial charge is 0.292 e. The van der Waals surface area contributed by atoms with Gasteiger partial charge in [0.25, 0.3) is 0 Å². The molecular formula is C16H22N4. The topological polar surface area (TPSA) is 44.8 Å². The molecule has 1 N–H and O–H groups in total.